The fourth-order valence-corrected chi connectivity index (χ4v) is 2.98. The summed E-state index contributed by atoms with van der Waals surface area (Å²) in [5.41, 5.74) is 1.04. The van der Waals surface area contributed by atoms with Crippen molar-refractivity contribution in [3.05, 3.63) is 35.6 Å². The lowest BCUT2D eigenvalue weighted by Crippen LogP contribution is -2.42. The van der Waals surface area contributed by atoms with E-state index in [0.29, 0.717) is 18.9 Å². The standard InChI is InChI=1S/C17H24FNO2/c1-21-17(20)12-16(19-15-5-3-2-4-6-15)11-13-7-9-14(18)10-8-13/h7-10,15-16,19H,2-6,11-12H2,1H3. The molecule has 0 amide bonds. The van der Waals surface area contributed by atoms with E-state index < -0.39 is 0 Å². The molecule has 0 saturated heterocycles. The summed E-state index contributed by atoms with van der Waals surface area (Å²) >= 11 is 0. The number of hydrogen-bond donors (Lipinski definition) is 1. The predicted octanol–water partition coefficient (Wildman–Crippen LogP) is 3.22. The fourth-order valence-electron chi connectivity index (χ4n) is 2.98. The van der Waals surface area contributed by atoms with Gasteiger partial charge in [0.2, 0.25) is 0 Å². The van der Waals surface area contributed by atoms with Crippen LogP contribution < -0.4 is 5.32 Å². The molecule has 1 aromatic rings. The first-order valence-electron chi connectivity index (χ1n) is 7.74. The summed E-state index contributed by atoms with van der Waals surface area (Å²) in [5.74, 6) is -0.436. The van der Waals surface area contributed by atoms with E-state index in [9.17, 15) is 9.18 Å². The van der Waals surface area contributed by atoms with Gasteiger partial charge in [-0.25, -0.2) is 4.39 Å². The van der Waals surface area contributed by atoms with Crippen LogP contribution in [0.15, 0.2) is 24.3 Å². The summed E-state index contributed by atoms with van der Waals surface area (Å²) < 4.78 is 17.8. The summed E-state index contributed by atoms with van der Waals surface area (Å²) in [5, 5.41) is 3.59. The molecule has 1 aromatic carbocycles. The van der Waals surface area contributed by atoms with E-state index in [2.05, 4.69) is 5.32 Å². The molecule has 0 aromatic heterocycles. The van der Waals surface area contributed by atoms with Gasteiger partial charge in [0.15, 0.2) is 0 Å². The number of carbonyl (C=O) groups is 1. The number of nitrogens with one attached hydrogen (secondary N) is 1. The Morgan fingerprint density at radius 2 is 1.95 bits per heavy atom. The Hall–Kier alpha value is -1.42. The zero-order chi connectivity index (χ0) is 15.1. The Bertz CT molecular complexity index is 441. The van der Waals surface area contributed by atoms with Crippen LogP contribution in [0.5, 0.6) is 0 Å². The minimum atomic E-state index is -0.233. The van der Waals surface area contributed by atoms with Gasteiger partial charge >= 0.3 is 5.97 Å². The molecule has 3 nitrogen and oxygen atoms in total. The lowest BCUT2D eigenvalue weighted by atomic mass is 9.93. The largest absolute Gasteiger partial charge is 0.469 e. The molecule has 0 heterocycles. The minimum absolute atomic E-state index is 0.0472. The maximum Gasteiger partial charge on any atom is 0.307 e. The van der Waals surface area contributed by atoms with Gasteiger partial charge in [-0.3, -0.25) is 4.79 Å². The van der Waals surface area contributed by atoms with Crippen LogP contribution in [0, 0.1) is 5.82 Å². The first-order valence-corrected chi connectivity index (χ1v) is 7.74. The molecular formula is C17H24FNO2. The zero-order valence-corrected chi connectivity index (χ0v) is 12.6. The monoisotopic (exact) mass is 293 g/mol. The average Bonchev–Trinajstić information content (AvgIpc) is 2.50. The highest BCUT2D eigenvalue weighted by Gasteiger charge is 2.20. The Morgan fingerprint density at radius 1 is 1.29 bits per heavy atom. The van der Waals surface area contributed by atoms with Crippen molar-refractivity contribution in [2.24, 2.45) is 0 Å². The summed E-state index contributed by atoms with van der Waals surface area (Å²) in [6.45, 7) is 0. The van der Waals surface area contributed by atoms with E-state index >= 15 is 0 Å². The van der Waals surface area contributed by atoms with Gasteiger partial charge in [-0.15, -0.1) is 0 Å². The summed E-state index contributed by atoms with van der Waals surface area (Å²) in [6.07, 6.45) is 7.20. The van der Waals surface area contributed by atoms with Gasteiger partial charge in [-0.05, 0) is 37.0 Å². The molecule has 2 rings (SSSR count). The highest BCUT2D eigenvalue weighted by Crippen LogP contribution is 2.19. The highest BCUT2D eigenvalue weighted by molar-refractivity contribution is 5.70. The van der Waals surface area contributed by atoms with Gasteiger partial charge in [0.1, 0.15) is 5.82 Å². The molecule has 0 radical (unpaired) electrons. The van der Waals surface area contributed by atoms with Crippen molar-refractivity contribution in [2.45, 2.75) is 57.0 Å². The van der Waals surface area contributed by atoms with Crippen molar-refractivity contribution in [1.82, 2.24) is 5.32 Å². The number of esters is 1. The topological polar surface area (TPSA) is 38.3 Å². The first-order chi connectivity index (χ1) is 10.2. The zero-order valence-electron chi connectivity index (χ0n) is 12.6. The van der Waals surface area contributed by atoms with Crippen LogP contribution in [0.4, 0.5) is 4.39 Å². The van der Waals surface area contributed by atoms with E-state index in [1.165, 1.54) is 51.3 Å². The molecule has 1 aliphatic carbocycles. The predicted molar refractivity (Wildman–Crippen MR) is 80.5 cm³/mol. The van der Waals surface area contributed by atoms with Crippen molar-refractivity contribution in [2.75, 3.05) is 7.11 Å². The van der Waals surface area contributed by atoms with Crippen LogP contribution in [0.2, 0.25) is 0 Å². The number of benzene rings is 1. The highest BCUT2D eigenvalue weighted by atomic mass is 19.1. The molecule has 1 fully saturated rings. The third kappa shape index (κ3) is 5.46. The second-order valence-corrected chi connectivity index (χ2v) is 5.81. The van der Waals surface area contributed by atoms with Gasteiger partial charge in [-0.2, -0.15) is 0 Å². The normalized spacial score (nSPS) is 17.4. The van der Waals surface area contributed by atoms with Crippen LogP contribution in [-0.4, -0.2) is 25.2 Å². The van der Waals surface area contributed by atoms with Gasteiger partial charge in [0.05, 0.1) is 13.5 Å². The number of rotatable bonds is 6. The molecule has 116 valence electrons. The van der Waals surface area contributed by atoms with E-state index in [0.717, 1.165) is 5.56 Å². The number of halogens is 1. The van der Waals surface area contributed by atoms with Crippen LogP contribution in [0.1, 0.15) is 44.1 Å². The molecule has 1 saturated carbocycles. The van der Waals surface area contributed by atoms with Crippen molar-refractivity contribution < 1.29 is 13.9 Å². The SMILES string of the molecule is COC(=O)CC(Cc1ccc(F)cc1)NC1CCCCC1. The fraction of sp³-hybridized carbons (Fsp3) is 0.588. The molecule has 21 heavy (non-hydrogen) atoms. The number of methoxy groups -OCH3 is 1. The Morgan fingerprint density at radius 3 is 2.57 bits per heavy atom. The summed E-state index contributed by atoms with van der Waals surface area (Å²) in [6, 6.07) is 7.01. The third-order valence-electron chi connectivity index (χ3n) is 4.11. The third-order valence-corrected chi connectivity index (χ3v) is 4.11. The van der Waals surface area contributed by atoms with E-state index in [-0.39, 0.29) is 17.8 Å². The van der Waals surface area contributed by atoms with Crippen molar-refractivity contribution in [1.29, 1.82) is 0 Å². The molecular weight excluding hydrogens is 269 g/mol. The summed E-state index contributed by atoms with van der Waals surface area (Å²) in [7, 11) is 1.41. The number of ether oxygens (including phenoxy) is 1. The molecule has 1 N–H and O–H groups in total. The Kier molecular flexibility index (Phi) is 6.18. The lowest BCUT2D eigenvalue weighted by Gasteiger charge is -2.28. The second-order valence-electron chi connectivity index (χ2n) is 5.81. The van der Waals surface area contributed by atoms with E-state index in [1.807, 2.05) is 0 Å². The molecule has 4 heteroatoms. The molecule has 1 atom stereocenters. The van der Waals surface area contributed by atoms with Gasteiger partial charge in [0.25, 0.3) is 0 Å². The molecule has 1 unspecified atom stereocenters. The second kappa shape index (κ2) is 8.13. The molecule has 0 spiro atoms. The van der Waals surface area contributed by atoms with Crippen LogP contribution >= 0.6 is 0 Å². The smallest absolute Gasteiger partial charge is 0.307 e. The Labute approximate surface area is 125 Å². The molecule has 0 aliphatic heterocycles. The van der Waals surface area contributed by atoms with Crippen LogP contribution in [0.25, 0.3) is 0 Å². The lowest BCUT2D eigenvalue weighted by molar-refractivity contribution is -0.141. The maximum atomic E-state index is 13.0. The number of carbonyl (C=O) groups excluding carboxylic acids is 1. The van der Waals surface area contributed by atoms with Gasteiger partial charge in [0, 0.05) is 12.1 Å². The first kappa shape index (κ1) is 16.0. The van der Waals surface area contributed by atoms with Gasteiger partial charge < -0.3 is 10.1 Å². The van der Waals surface area contributed by atoms with Crippen LogP contribution in [-0.2, 0) is 16.0 Å². The van der Waals surface area contributed by atoms with Crippen molar-refractivity contribution in [3.8, 4) is 0 Å². The number of hydrogen-bond acceptors (Lipinski definition) is 3. The minimum Gasteiger partial charge on any atom is -0.469 e. The quantitative estimate of drug-likeness (QED) is 0.818. The van der Waals surface area contributed by atoms with E-state index in [4.69, 9.17) is 4.74 Å². The average molecular weight is 293 g/mol. The Balaban J connectivity index is 1.96. The molecule has 0 bridgehead atoms. The van der Waals surface area contributed by atoms with Crippen molar-refractivity contribution in [3.63, 3.8) is 0 Å². The summed E-state index contributed by atoms with van der Waals surface area (Å²) in [4.78, 5) is 11.6. The van der Waals surface area contributed by atoms with Gasteiger partial charge in [-0.1, -0.05) is 31.4 Å². The molecule has 1 aliphatic rings. The maximum absolute atomic E-state index is 13.0. The van der Waals surface area contributed by atoms with Crippen molar-refractivity contribution >= 4 is 5.97 Å². The van der Waals surface area contributed by atoms with E-state index in [1.54, 1.807) is 12.1 Å². The van der Waals surface area contributed by atoms with Crippen LogP contribution in [0.3, 0.4) is 0 Å².